The van der Waals surface area contributed by atoms with Crippen molar-refractivity contribution in [3.63, 3.8) is 0 Å². The number of hydrazone groups is 1. The highest BCUT2D eigenvalue weighted by Gasteiger charge is 2.11. The van der Waals surface area contributed by atoms with Crippen molar-refractivity contribution in [3.05, 3.63) is 73.8 Å². The molecule has 0 saturated heterocycles. The molecule has 0 aliphatic rings. The molecule has 2 rings (SSSR count). The number of rotatable bonds is 6. The van der Waals surface area contributed by atoms with Crippen molar-refractivity contribution in [2.75, 3.05) is 7.11 Å². The Labute approximate surface area is 141 Å². The molecule has 0 atom stereocenters. The minimum Gasteiger partial charge on any atom is -0.496 e. The molecule has 0 spiro atoms. The predicted molar refractivity (Wildman–Crippen MR) is 87.8 cm³/mol. The standard InChI is InChI=1S/C15H12N4O6/c1-25-14-7-6-13(19(23)24)8-11(14)9-16-17-15(20)10-2-4-12(5-3-10)18(21)22/h2-9H,1H3,(H,17,20)/b16-9+. The molecule has 0 aromatic heterocycles. The molecular weight excluding hydrogens is 332 g/mol. The number of benzene rings is 2. The molecule has 128 valence electrons. The van der Waals surface area contributed by atoms with Gasteiger partial charge in [-0.25, -0.2) is 5.43 Å². The first kappa shape index (κ1) is 17.5. The quantitative estimate of drug-likeness (QED) is 0.485. The van der Waals surface area contributed by atoms with E-state index < -0.39 is 15.8 Å². The highest BCUT2D eigenvalue weighted by atomic mass is 16.6. The van der Waals surface area contributed by atoms with Crippen LogP contribution in [0.2, 0.25) is 0 Å². The molecule has 0 bridgehead atoms. The van der Waals surface area contributed by atoms with Crippen molar-refractivity contribution in [2.24, 2.45) is 5.10 Å². The Balaban J connectivity index is 2.12. The van der Waals surface area contributed by atoms with Crippen molar-refractivity contribution < 1.29 is 19.4 Å². The number of ether oxygens (including phenoxy) is 1. The monoisotopic (exact) mass is 344 g/mol. The maximum Gasteiger partial charge on any atom is 0.271 e. The number of carbonyl (C=O) groups excluding carboxylic acids is 1. The molecule has 0 aliphatic carbocycles. The van der Waals surface area contributed by atoms with Crippen LogP contribution in [0.1, 0.15) is 15.9 Å². The third-order valence-corrected chi connectivity index (χ3v) is 3.13. The summed E-state index contributed by atoms with van der Waals surface area (Å²) in [6, 6.07) is 8.92. The van der Waals surface area contributed by atoms with Crippen LogP contribution in [0.15, 0.2) is 47.6 Å². The second-order valence-electron chi connectivity index (χ2n) is 4.69. The first-order valence-electron chi connectivity index (χ1n) is 6.82. The van der Waals surface area contributed by atoms with Crippen LogP contribution in [0.3, 0.4) is 0 Å². The summed E-state index contributed by atoms with van der Waals surface area (Å²) in [5.74, 6) is -0.241. The van der Waals surface area contributed by atoms with Gasteiger partial charge in [-0.15, -0.1) is 0 Å². The molecule has 0 heterocycles. The van der Waals surface area contributed by atoms with E-state index in [1.165, 1.54) is 55.8 Å². The van der Waals surface area contributed by atoms with Crippen LogP contribution in [0.25, 0.3) is 0 Å². The fourth-order valence-electron chi connectivity index (χ4n) is 1.90. The Morgan fingerprint density at radius 3 is 2.24 bits per heavy atom. The molecule has 0 fully saturated rings. The number of carbonyl (C=O) groups is 1. The van der Waals surface area contributed by atoms with Crippen molar-refractivity contribution in [1.82, 2.24) is 5.43 Å². The molecule has 10 nitrogen and oxygen atoms in total. The van der Waals surface area contributed by atoms with Gasteiger partial charge < -0.3 is 4.74 Å². The maximum absolute atomic E-state index is 11.9. The number of methoxy groups -OCH3 is 1. The van der Waals surface area contributed by atoms with Crippen molar-refractivity contribution >= 4 is 23.5 Å². The number of hydrogen-bond acceptors (Lipinski definition) is 7. The third-order valence-electron chi connectivity index (χ3n) is 3.13. The molecule has 1 N–H and O–H groups in total. The van der Waals surface area contributed by atoms with Crippen LogP contribution in [0.4, 0.5) is 11.4 Å². The van der Waals surface area contributed by atoms with Crippen molar-refractivity contribution in [1.29, 1.82) is 0 Å². The van der Waals surface area contributed by atoms with E-state index in [2.05, 4.69) is 10.5 Å². The fraction of sp³-hybridized carbons (Fsp3) is 0.0667. The topological polar surface area (TPSA) is 137 Å². The second-order valence-corrected chi connectivity index (χ2v) is 4.69. The average molecular weight is 344 g/mol. The second kappa shape index (κ2) is 7.64. The number of nitro benzene ring substituents is 2. The third kappa shape index (κ3) is 4.34. The number of nitrogens with zero attached hydrogens (tertiary/aromatic N) is 3. The summed E-state index contributed by atoms with van der Waals surface area (Å²) in [4.78, 5) is 32.1. The van der Waals surface area contributed by atoms with E-state index in [0.717, 1.165) is 0 Å². The van der Waals surface area contributed by atoms with E-state index in [1.807, 2.05) is 0 Å². The Kier molecular flexibility index (Phi) is 5.36. The number of hydrogen-bond donors (Lipinski definition) is 1. The summed E-state index contributed by atoms with van der Waals surface area (Å²) in [6.07, 6.45) is 1.20. The van der Waals surface area contributed by atoms with E-state index in [1.54, 1.807) is 0 Å². The number of nitro groups is 2. The van der Waals surface area contributed by atoms with Gasteiger partial charge in [-0.1, -0.05) is 0 Å². The fourth-order valence-corrected chi connectivity index (χ4v) is 1.90. The van der Waals surface area contributed by atoms with Gasteiger partial charge in [-0.2, -0.15) is 5.10 Å². The lowest BCUT2D eigenvalue weighted by Crippen LogP contribution is -2.17. The lowest BCUT2D eigenvalue weighted by molar-refractivity contribution is -0.385. The zero-order chi connectivity index (χ0) is 18.4. The van der Waals surface area contributed by atoms with E-state index in [9.17, 15) is 25.0 Å². The van der Waals surface area contributed by atoms with Crippen LogP contribution in [-0.4, -0.2) is 29.1 Å². The summed E-state index contributed by atoms with van der Waals surface area (Å²) in [5.41, 5.74) is 2.43. The Hall–Kier alpha value is -3.82. The van der Waals surface area contributed by atoms with Gasteiger partial charge in [0.1, 0.15) is 5.75 Å². The van der Waals surface area contributed by atoms with Gasteiger partial charge in [0, 0.05) is 35.4 Å². The van der Waals surface area contributed by atoms with Crippen LogP contribution in [0.5, 0.6) is 5.75 Å². The highest BCUT2D eigenvalue weighted by molar-refractivity contribution is 5.95. The first-order chi connectivity index (χ1) is 11.9. The molecule has 0 aliphatic heterocycles. The van der Waals surface area contributed by atoms with Crippen molar-refractivity contribution in [2.45, 2.75) is 0 Å². The number of non-ortho nitro benzene ring substituents is 2. The van der Waals surface area contributed by atoms with E-state index in [0.29, 0.717) is 11.3 Å². The van der Waals surface area contributed by atoms with Crippen LogP contribution in [0, 0.1) is 20.2 Å². The summed E-state index contributed by atoms with van der Waals surface area (Å²) in [7, 11) is 1.40. The highest BCUT2D eigenvalue weighted by Crippen LogP contribution is 2.22. The Bertz CT molecular complexity index is 848. The van der Waals surface area contributed by atoms with Crippen LogP contribution < -0.4 is 10.2 Å². The zero-order valence-corrected chi connectivity index (χ0v) is 12.9. The molecule has 10 heteroatoms. The molecule has 0 radical (unpaired) electrons. The minimum absolute atomic E-state index is 0.138. The SMILES string of the molecule is COc1ccc([N+](=O)[O-])cc1/C=N/NC(=O)c1ccc([N+](=O)[O-])cc1. The maximum atomic E-state index is 11.9. The van der Waals surface area contributed by atoms with Gasteiger partial charge in [0.15, 0.2) is 0 Å². The summed E-state index contributed by atoms with van der Waals surface area (Å²) in [6.45, 7) is 0. The van der Waals surface area contributed by atoms with Gasteiger partial charge >= 0.3 is 0 Å². The largest absolute Gasteiger partial charge is 0.496 e. The normalized spacial score (nSPS) is 10.4. The average Bonchev–Trinajstić information content (AvgIpc) is 2.61. The summed E-state index contributed by atoms with van der Waals surface area (Å²) >= 11 is 0. The van der Waals surface area contributed by atoms with Gasteiger partial charge in [0.2, 0.25) is 0 Å². The van der Waals surface area contributed by atoms with E-state index in [4.69, 9.17) is 4.74 Å². The predicted octanol–water partition coefficient (Wildman–Crippen LogP) is 2.28. The zero-order valence-electron chi connectivity index (χ0n) is 12.9. The Morgan fingerprint density at radius 1 is 1.08 bits per heavy atom. The smallest absolute Gasteiger partial charge is 0.271 e. The molecule has 0 unspecified atom stereocenters. The summed E-state index contributed by atoms with van der Waals surface area (Å²) < 4.78 is 5.07. The van der Waals surface area contributed by atoms with Gasteiger partial charge in [-0.3, -0.25) is 25.0 Å². The lowest BCUT2D eigenvalue weighted by atomic mass is 10.2. The molecular formula is C15H12N4O6. The van der Waals surface area contributed by atoms with Crippen LogP contribution >= 0.6 is 0 Å². The molecule has 2 aromatic rings. The Morgan fingerprint density at radius 2 is 1.68 bits per heavy atom. The number of amides is 1. The van der Waals surface area contributed by atoms with E-state index >= 15 is 0 Å². The van der Waals surface area contributed by atoms with Gasteiger partial charge in [0.25, 0.3) is 17.3 Å². The lowest BCUT2D eigenvalue weighted by Gasteiger charge is -2.04. The first-order valence-corrected chi connectivity index (χ1v) is 6.82. The summed E-state index contributed by atoms with van der Waals surface area (Å²) in [5, 5.41) is 25.1. The molecule has 25 heavy (non-hydrogen) atoms. The molecule has 2 aromatic carbocycles. The minimum atomic E-state index is -0.587. The van der Waals surface area contributed by atoms with Gasteiger partial charge in [0.05, 0.1) is 23.2 Å². The number of nitrogens with one attached hydrogen (secondary N) is 1. The van der Waals surface area contributed by atoms with E-state index in [-0.39, 0.29) is 16.9 Å². The molecule has 1 amide bonds. The van der Waals surface area contributed by atoms with Gasteiger partial charge in [-0.05, 0) is 18.2 Å². The molecule has 0 saturated carbocycles. The van der Waals surface area contributed by atoms with Crippen LogP contribution in [-0.2, 0) is 0 Å². The van der Waals surface area contributed by atoms with Crippen molar-refractivity contribution in [3.8, 4) is 5.75 Å².